The van der Waals surface area contributed by atoms with Crippen molar-refractivity contribution in [1.29, 1.82) is 0 Å². The Labute approximate surface area is 145 Å². The first kappa shape index (κ1) is 16.9. The third kappa shape index (κ3) is 3.45. The van der Waals surface area contributed by atoms with Crippen LogP contribution in [0.5, 0.6) is 0 Å². The van der Waals surface area contributed by atoms with E-state index in [1.54, 1.807) is 38.4 Å². The van der Waals surface area contributed by atoms with Gasteiger partial charge in [0.05, 0.1) is 12.3 Å². The van der Waals surface area contributed by atoms with Crippen molar-refractivity contribution >= 4 is 17.6 Å². The maximum Gasteiger partial charge on any atom is 0.374 e. The van der Waals surface area contributed by atoms with Crippen molar-refractivity contribution in [1.82, 2.24) is 10.4 Å². The summed E-state index contributed by atoms with van der Waals surface area (Å²) in [5, 5.41) is 4.26. The van der Waals surface area contributed by atoms with Crippen molar-refractivity contribution in [3.8, 4) is 0 Å². The Bertz CT molecular complexity index is 824. The number of hydrogen-bond acceptors (Lipinski definition) is 6. The lowest BCUT2D eigenvalue weighted by atomic mass is 9.93. The molecule has 0 fully saturated rings. The minimum atomic E-state index is -0.477. The minimum Gasteiger partial charge on any atom is -0.460 e. The van der Waals surface area contributed by atoms with Gasteiger partial charge in [0, 0.05) is 35.5 Å². The number of amides is 1. The summed E-state index contributed by atoms with van der Waals surface area (Å²) >= 11 is 0. The molecule has 0 aliphatic heterocycles. The fourth-order valence-electron chi connectivity index (χ4n) is 2.86. The van der Waals surface area contributed by atoms with Gasteiger partial charge in [-0.05, 0) is 38.8 Å². The fraction of sp³-hybridized carbons (Fsp3) is 0.333. The lowest BCUT2D eigenvalue weighted by molar-refractivity contribution is 0.0486. The third-order valence-corrected chi connectivity index (χ3v) is 4.02. The Hall–Kier alpha value is -2.96. The maximum absolute atomic E-state index is 12.1. The monoisotopic (exact) mass is 341 g/mol. The number of rotatable bonds is 4. The molecule has 0 unspecified atom stereocenters. The lowest BCUT2D eigenvalue weighted by Crippen LogP contribution is -2.22. The Balaban J connectivity index is 1.86. The van der Waals surface area contributed by atoms with Crippen molar-refractivity contribution in [3.63, 3.8) is 0 Å². The van der Waals surface area contributed by atoms with Gasteiger partial charge in [0.1, 0.15) is 5.76 Å². The summed E-state index contributed by atoms with van der Waals surface area (Å²) in [4.78, 5) is 28.0. The zero-order valence-corrected chi connectivity index (χ0v) is 14.2. The molecule has 7 nitrogen and oxygen atoms in total. The number of pyridine rings is 1. The van der Waals surface area contributed by atoms with Crippen molar-refractivity contribution in [2.75, 3.05) is 6.61 Å². The number of nitrogens with zero attached hydrogens (tertiary/aromatic N) is 2. The molecule has 1 amide bonds. The van der Waals surface area contributed by atoms with Gasteiger partial charge in [-0.1, -0.05) is 0 Å². The van der Waals surface area contributed by atoms with Gasteiger partial charge in [0.2, 0.25) is 5.76 Å². The van der Waals surface area contributed by atoms with E-state index < -0.39 is 5.97 Å². The molecule has 2 aromatic heterocycles. The lowest BCUT2D eigenvalue weighted by Gasteiger charge is -2.13. The SMILES string of the molecule is CCOC(=O)c1oc2c(c1C)/C(=N/NC(=O)c1ccncc1)CCC2. The van der Waals surface area contributed by atoms with E-state index in [1.807, 2.05) is 0 Å². The number of esters is 1. The molecule has 25 heavy (non-hydrogen) atoms. The molecule has 1 aliphatic rings. The summed E-state index contributed by atoms with van der Waals surface area (Å²) in [7, 11) is 0. The second kappa shape index (κ2) is 7.29. The first-order valence-electron chi connectivity index (χ1n) is 8.18. The molecule has 0 spiro atoms. The number of fused-ring (bicyclic) bond motifs is 1. The van der Waals surface area contributed by atoms with E-state index in [9.17, 15) is 9.59 Å². The van der Waals surface area contributed by atoms with Gasteiger partial charge in [-0.15, -0.1) is 0 Å². The second-order valence-corrected chi connectivity index (χ2v) is 5.66. The van der Waals surface area contributed by atoms with Crippen LogP contribution in [0.25, 0.3) is 0 Å². The molecule has 0 bridgehead atoms. The summed E-state index contributed by atoms with van der Waals surface area (Å²) in [6.45, 7) is 3.84. The van der Waals surface area contributed by atoms with Crippen LogP contribution in [0.4, 0.5) is 0 Å². The van der Waals surface area contributed by atoms with Gasteiger partial charge in [0.25, 0.3) is 5.91 Å². The molecule has 3 rings (SSSR count). The number of aromatic nitrogens is 1. The number of carbonyl (C=O) groups excluding carboxylic acids is 2. The van der Waals surface area contributed by atoms with Gasteiger partial charge in [-0.3, -0.25) is 9.78 Å². The zero-order chi connectivity index (χ0) is 17.8. The van der Waals surface area contributed by atoms with Gasteiger partial charge < -0.3 is 9.15 Å². The summed E-state index contributed by atoms with van der Waals surface area (Å²) in [6.07, 6.45) is 5.37. The highest BCUT2D eigenvalue weighted by atomic mass is 16.5. The van der Waals surface area contributed by atoms with E-state index in [-0.39, 0.29) is 18.3 Å². The van der Waals surface area contributed by atoms with Crippen LogP contribution in [0, 0.1) is 6.92 Å². The number of ether oxygens (including phenoxy) is 1. The first-order chi connectivity index (χ1) is 12.1. The van der Waals surface area contributed by atoms with E-state index in [1.165, 1.54) is 0 Å². The highest BCUT2D eigenvalue weighted by Crippen LogP contribution is 2.30. The van der Waals surface area contributed by atoms with Crippen LogP contribution in [0.3, 0.4) is 0 Å². The molecule has 130 valence electrons. The van der Waals surface area contributed by atoms with Crippen molar-refractivity contribution in [2.24, 2.45) is 5.10 Å². The van der Waals surface area contributed by atoms with Gasteiger partial charge in [-0.25, -0.2) is 10.2 Å². The highest BCUT2D eigenvalue weighted by molar-refractivity contribution is 6.06. The van der Waals surface area contributed by atoms with Crippen molar-refractivity contribution < 1.29 is 18.7 Å². The maximum atomic E-state index is 12.1. The Morgan fingerprint density at radius 1 is 1.32 bits per heavy atom. The van der Waals surface area contributed by atoms with E-state index in [0.717, 1.165) is 18.4 Å². The summed E-state index contributed by atoms with van der Waals surface area (Å²) in [5.74, 6) is 0.133. The molecule has 7 heteroatoms. The molecule has 1 aliphatic carbocycles. The van der Waals surface area contributed by atoms with E-state index in [0.29, 0.717) is 29.0 Å². The number of furan rings is 1. The fourth-order valence-corrected chi connectivity index (χ4v) is 2.86. The van der Waals surface area contributed by atoms with Crippen LogP contribution >= 0.6 is 0 Å². The van der Waals surface area contributed by atoms with Gasteiger partial charge in [-0.2, -0.15) is 5.10 Å². The number of aryl methyl sites for hydroxylation is 1. The molecule has 0 saturated heterocycles. The Morgan fingerprint density at radius 3 is 2.80 bits per heavy atom. The van der Waals surface area contributed by atoms with Crippen LogP contribution in [-0.2, 0) is 11.2 Å². The summed E-state index contributed by atoms with van der Waals surface area (Å²) < 4.78 is 10.7. The van der Waals surface area contributed by atoms with Crippen LogP contribution in [0.2, 0.25) is 0 Å². The van der Waals surface area contributed by atoms with E-state index >= 15 is 0 Å². The van der Waals surface area contributed by atoms with Crippen LogP contribution in [-0.4, -0.2) is 29.2 Å². The highest BCUT2D eigenvalue weighted by Gasteiger charge is 2.28. The zero-order valence-electron chi connectivity index (χ0n) is 14.2. The number of nitrogens with one attached hydrogen (secondary N) is 1. The largest absolute Gasteiger partial charge is 0.460 e. The molecule has 0 aromatic carbocycles. The second-order valence-electron chi connectivity index (χ2n) is 5.66. The molecule has 0 atom stereocenters. The third-order valence-electron chi connectivity index (χ3n) is 4.02. The Morgan fingerprint density at radius 2 is 2.08 bits per heavy atom. The topological polar surface area (TPSA) is 93.8 Å². The number of hydrogen-bond donors (Lipinski definition) is 1. The quantitative estimate of drug-likeness (QED) is 0.681. The normalized spacial score (nSPS) is 14.9. The average Bonchev–Trinajstić information content (AvgIpc) is 2.98. The van der Waals surface area contributed by atoms with E-state index in [4.69, 9.17) is 9.15 Å². The molecular formula is C18H19N3O4. The van der Waals surface area contributed by atoms with Gasteiger partial charge in [0.15, 0.2) is 0 Å². The van der Waals surface area contributed by atoms with Crippen molar-refractivity contribution in [2.45, 2.75) is 33.1 Å². The molecular weight excluding hydrogens is 322 g/mol. The number of carbonyl (C=O) groups is 2. The van der Waals surface area contributed by atoms with Crippen molar-refractivity contribution in [3.05, 3.63) is 52.7 Å². The first-order valence-corrected chi connectivity index (χ1v) is 8.18. The molecule has 2 aromatic rings. The Kier molecular flexibility index (Phi) is 4.92. The van der Waals surface area contributed by atoms with Gasteiger partial charge >= 0.3 is 5.97 Å². The molecule has 1 N–H and O–H groups in total. The predicted octanol–water partition coefficient (Wildman–Crippen LogP) is 2.63. The van der Waals surface area contributed by atoms with Crippen LogP contribution < -0.4 is 5.43 Å². The molecule has 2 heterocycles. The predicted molar refractivity (Wildman–Crippen MR) is 90.6 cm³/mol. The smallest absolute Gasteiger partial charge is 0.374 e. The molecule has 0 radical (unpaired) electrons. The molecule has 0 saturated carbocycles. The average molecular weight is 341 g/mol. The summed E-state index contributed by atoms with van der Waals surface area (Å²) in [6, 6.07) is 3.23. The minimum absolute atomic E-state index is 0.210. The summed E-state index contributed by atoms with van der Waals surface area (Å²) in [5.41, 5.74) is 5.25. The van der Waals surface area contributed by atoms with E-state index in [2.05, 4.69) is 15.5 Å². The van der Waals surface area contributed by atoms with Crippen LogP contribution in [0.15, 0.2) is 34.0 Å². The van der Waals surface area contributed by atoms with Crippen LogP contribution in [0.1, 0.15) is 57.6 Å². The standard InChI is InChI=1S/C18H19N3O4/c1-3-24-18(23)16-11(2)15-13(5-4-6-14(15)25-16)20-21-17(22)12-7-9-19-10-8-12/h7-10H,3-6H2,1-2H3,(H,21,22)/b20-13+. The number of hydrazone groups is 1.